The van der Waals surface area contributed by atoms with Crippen molar-refractivity contribution in [3.8, 4) is 0 Å². The van der Waals surface area contributed by atoms with Crippen LogP contribution in [-0.2, 0) is 6.18 Å². The van der Waals surface area contributed by atoms with Gasteiger partial charge in [-0.3, -0.25) is 9.78 Å². The van der Waals surface area contributed by atoms with Gasteiger partial charge in [-0.25, -0.2) is 4.98 Å². The van der Waals surface area contributed by atoms with Crippen LogP contribution in [0.1, 0.15) is 73.4 Å². The number of anilines is 2. The molecular formula is C29H31F3N4O. The summed E-state index contributed by atoms with van der Waals surface area (Å²) in [5, 5.41) is 6.28. The van der Waals surface area contributed by atoms with E-state index in [1.54, 1.807) is 24.5 Å². The summed E-state index contributed by atoms with van der Waals surface area (Å²) in [6.07, 6.45) is 6.37. The number of nitrogens with zero attached hydrogens (tertiary/aromatic N) is 2. The van der Waals surface area contributed by atoms with Crippen LogP contribution in [0, 0.1) is 0 Å². The fourth-order valence-corrected chi connectivity index (χ4v) is 4.63. The van der Waals surface area contributed by atoms with E-state index in [0.29, 0.717) is 11.4 Å². The first kappa shape index (κ1) is 26.4. The maximum atomic E-state index is 12.8. The smallest absolute Gasteiger partial charge is 0.349 e. The molecule has 5 nitrogen and oxygen atoms in total. The number of allylic oxidation sites excluding steroid dienone is 2. The number of carbonyl (C=O) groups is 1. The monoisotopic (exact) mass is 508 g/mol. The lowest BCUT2D eigenvalue weighted by Gasteiger charge is -2.27. The summed E-state index contributed by atoms with van der Waals surface area (Å²) < 4.78 is 38.5. The van der Waals surface area contributed by atoms with Gasteiger partial charge in [0.25, 0.3) is 5.91 Å². The van der Waals surface area contributed by atoms with Gasteiger partial charge in [0.15, 0.2) is 0 Å². The predicted octanol–water partition coefficient (Wildman–Crippen LogP) is 7.56. The lowest BCUT2D eigenvalue weighted by atomic mass is 9.84. The summed E-state index contributed by atoms with van der Waals surface area (Å²) in [5.41, 5.74) is 4.47. The van der Waals surface area contributed by atoms with Crippen LogP contribution >= 0.6 is 0 Å². The molecule has 3 aromatic rings. The summed E-state index contributed by atoms with van der Waals surface area (Å²) >= 11 is 0. The number of alkyl halides is 3. The summed E-state index contributed by atoms with van der Waals surface area (Å²) in [5.74, 6) is 0.292. The minimum atomic E-state index is -4.41. The van der Waals surface area contributed by atoms with Gasteiger partial charge in [0.1, 0.15) is 5.82 Å². The maximum absolute atomic E-state index is 12.8. The van der Waals surface area contributed by atoms with Crippen LogP contribution < -0.4 is 10.6 Å². The largest absolute Gasteiger partial charge is 0.417 e. The number of unbranched alkanes of at least 4 members (excludes halogenated alkanes) is 1. The van der Waals surface area contributed by atoms with E-state index in [1.165, 1.54) is 17.2 Å². The molecule has 1 aliphatic carbocycles. The lowest BCUT2D eigenvalue weighted by Crippen LogP contribution is -2.36. The van der Waals surface area contributed by atoms with Crippen molar-refractivity contribution in [3.63, 3.8) is 0 Å². The van der Waals surface area contributed by atoms with Crippen molar-refractivity contribution < 1.29 is 18.0 Å². The molecule has 1 saturated carbocycles. The van der Waals surface area contributed by atoms with Crippen LogP contribution in [0.3, 0.4) is 0 Å². The Hall–Kier alpha value is -3.68. The van der Waals surface area contributed by atoms with E-state index in [2.05, 4.69) is 33.6 Å². The van der Waals surface area contributed by atoms with Gasteiger partial charge >= 0.3 is 6.18 Å². The molecule has 0 radical (unpaired) electrons. The van der Waals surface area contributed by atoms with E-state index in [0.717, 1.165) is 68.5 Å². The van der Waals surface area contributed by atoms with E-state index in [9.17, 15) is 18.0 Å². The molecule has 2 aromatic heterocycles. The quantitative estimate of drug-likeness (QED) is 0.330. The van der Waals surface area contributed by atoms with Crippen LogP contribution in [0.15, 0.2) is 72.7 Å². The highest BCUT2D eigenvalue weighted by Crippen LogP contribution is 2.35. The summed E-state index contributed by atoms with van der Waals surface area (Å²) in [6.45, 7) is 2.17. The standard InChI is InChI=1S/C29H31F3N4O/c1-2-3-7-26(20-8-11-24(12-9-20)36-28(37)21-14-16-33-17-15-21)22-5-4-6-25(18-22)35-27-13-10-23(19-34-27)29(30,31)32/h4-6,10,13-19,24H,2-3,7-9,11-12H2,1H3,(H,34,35)(H,36,37). The number of hydrogen-bond donors (Lipinski definition) is 2. The molecule has 0 bridgehead atoms. The number of amides is 1. The Morgan fingerprint density at radius 3 is 2.43 bits per heavy atom. The van der Waals surface area contributed by atoms with Crippen LogP contribution in [0.4, 0.5) is 24.7 Å². The lowest BCUT2D eigenvalue weighted by molar-refractivity contribution is -0.137. The molecule has 4 rings (SSSR count). The molecule has 194 valence electrons. The van der Waals surface area contributed by atoms with Crippen molar-refractivity contribution in [1.82, 2.24) is 15.3 Å². The number of benzene rings is 1. The van der Waals surface area contributed by atoms with E-state index >= 15 is 0 Å². The molecule has 0 saturated heterocycles. The highest BCUT2D eigenvalue weighted by molar-refractivity contribution is 5.94. The first-order valence-electron chi connectivity index (χ1n) is 12.7. The molecule has 1 aliphatic rings. The van der Waals surface area contributed by atoms with Crippen LogP contribution in [0.2, 0.25) is 0 Å². The highest BCUT2D eigenvalue weighted by atomic mass is 19.4. The van der Waals surface area contributed by atoms with Crippen LogP contribution in [-0.4, -0.2) is 21.9 Å². The Bertz CT molecular complexity index is 1210. The first-order chi connectivity index (χ1) is 17.8. The first-order valence-corrected chi connectivity index (χ1v) is 12.7. The number of carbonyl (C=O) groups excluding carboxylic acids is 1. The molecule has 0 spiro atoms. The molecule has 8 heteroatoms. The van der Waals surface area contributed by atoms with Crippen molar-refractivity contribution in [2.75, 3.05) is 5.32 Å². The molecule has 2 heterocycles. The van der Waals surface area contributed by atoms with E-state index in [4.69, 9.17) is 0 Å². The van der Waals surface area contributed by atoms with Crippen molar-refractivity contribution in [2.24, 2.45) is 0 Å². The minimum Gasteiger partial charge on any atom is -0.349 e. The molecule has 1 amide bonds. The predicted molar refractivity (Wildman–Crippen MR) is 139 cm³/mol. The van der Waals surface area contributed by atoms with Crippen molar-refractivity contribution in [3.05, 3.63) is 89.4 Å². The summed E-state index contributed by atoms with van der Waals surface area (Å²) in [6, 6.07) is 13.9. The van der Waals surface area contributed by atoms with Gasteiger partial charge < -0.3 is 10.6 Å². The second-order valence-corrected chi connectivity index (χ2v) is 9.30. The molecule has 0 atom stereocenters. The minimum absolute atomic E-state index is 0.0679. The van der Waals surface area contributed by atoms with Crippen LogP contribution in [0.25, 0.3) is 5.57 Å². The Balaban J connectivity index is 1.46. The highest BCUT2D eigenvalue weighted by Gasteiger charge is 2.30. The van der Waals surface area contributed by atoms with Gasteiger partial charge in [0.2, 0.25) is 0 Å². The summed E-state index contributed by atoms with van der Waals surface area (Å²) in [4.78, 5) is 20.4. The third-order valence-corrected chi connectivity index (χ3v) is 6.65. The van der Waals surface area contributed by atoms with Gasteiger partial charge in [-0.1, -0.05) is 31.1 Å². The summed E-state index contributed by atoms with van der Waals surface area (Å²) in [7, 11) is 0. The third-order valence-electron chi connectivity index (χ3n) is 6.65. The molecule has 37 heavy (non-hydrogen) atoms. The number of rotatable bonds is 8. The molecule has 0 aliphatic heterocycles. The number of hydrogen-bond acceptors (Lipinski definition) is 4. The Morgan fingerprint density at radius 2 is 1.78 bits per heavy atom. The van der Waals surface area contributed by atoms with Crippen molar-refractivity contribution in [2.45, 2.75) is 64.1 Å². The van der Waals surface area contributed by atoms with Crippen molar-refractivity contribution >= 4 is 23.0 Å². The van der Waals surface area contributed by atoms with Gasteiger partial charge in [-0.05, 0) is 86.1 Å². The fraction of sp³-hybridized carbons (Fsp3) is 0.345. The number of halogens is 3. The van der Waals surface area contributed by atoms with E-state index in [-0.39, 0.29) is 11.9 Å². The zero-order valence-corrected chi connectivity index (χ0v) is 20.8. The molecular weight excluding hydrogens is 477 g/mol. The molecule has 2 N–H and O–H groups in total. The van der Waals surface area contributed by atoms with Crippen LogP contribution in [0.5, 0.6) is 0 Å². The fourth-order valence-electron chi connectivity index (χ4n) is 4.63. The topological polar surface area (TPSA) is 66.9 Å². The maximum Gasteiger partial charge on any atom is 0.417 e. The molecule has 1 aromatic carbocycles. The number of aromatic nitrogens is 2. The Labute approximate surface area is 215 Å². The third kappa shape index (κ3) is 7.18. The van der Waals surface area contributed by atoms with E-state index < -0.39 is 11.7 Å². The van der Waals surface area contributed by atoms with Gasteiger partial charge in [0.05, 0.1) is 5.56 Å². The SMILES string of the molecule is CCCCC(=C1CCC(NC(=O)c2ccncc2)CC1)c1cccc(Nc2ccc(C(F)(F)F)cn2)c1. The van der Waals surface area contributed by atoms with Gasteiger partial charge in [-0.15, -0.1) is 0 Å². The van der Waals surface area contributed by atoms with Gasteiger partial charge in [-0.2, -0.15) is 13.2 Å². The zero-order valence-electron chi connectivity index (χ0n) is 20.8. The normalized spacial score (nSPS) is 15.8. The molecule has 1 fully saturated rings. The zero-order chi connectivity index (χ0) is 26.3. The number of nitrogens with one attached hydrogen (secondary N) is 2. The Morgan fingerprint density at radius 1 is 1.03 bits per heavy atom. The second-order valence-electron chi connectivity index (χ2n) is 9.30. The second kappa shape index (κ2) is 12.0. The van der Waals surface area contributed by atoms with Gasteiger partial charge in [0, 0.05) is 35.9 Å². The Kier molecular flexibility index (Phi) is 8.58. The molecule has 0 unspecified atom stereocenters. The van der Waals surface area contributed by atoms with Crippen molar-refractivity contribution in [1.29, 1.82) is 0 Å². The number of pyridine rings is 2. The average Bonchev–Trinajstić information content (AvgIpc) is 2.90. The average molecular weight is 509 g/mol. The van der Waals surface area contributed by atoms with E-state index in [1.807, 2.05) is 18.2 Å².